The largest absolute Gasteiger partial charge is 0.394 e. The van der Waals surface area contributed by atoms with Crippen LogP contribution in [0, 0.1) is 25.7 Å². The fourth-order valence-electron chi connectivity index (χ4n) is 4.50. The van der Waals surface area contributed by atoms with Gasteiger partial charge in [-0.3, -0.25) is 0 Å². The highest BCUT2D eigenvalue weighted by Gasteiger charge is 2.26. The molecule has 2 unspecified atom stereocenters. The molecule has 0 fully saturated rings. The number of hydrogen-bond acceptors (Lipinski definition) is 2. The van der Waals surface area contributed by atoms with E-state index in [1.165, 1.54) is 52.6 Å². The van der Waals surface area contributed by atoms with Crippen LogP contribution in [0.25, 0.3) is 0 Å². The fourth-order valence-corrected chi connectivity index (χ4v) is 4.50. The monoisotopic (exact) mass is 394 g/mol. The Kier molecular flexibility index (Phi) is 7.19. The zero-order valence-corrected chi connectivity index (χ0v) is 19.1. The first-order chi connectivity index (χ1) is 13.8. The van der Waals surface area contributed by atoms with Crippen molar-refractivity contribution in [1.82, 2.24) is 0 Å². The summed E-state index contributed by atoms with van der Waals surface area (Å²) >= 11 is 0. The third-order valence-corrected chi connectivity index (χ3v) is 6.47. The quantitative estimate of drug-likeness (QED) is 0.585. The SMILES string of the molecule is Cc1ccc(Cc2cc(C(OC(CO)C(C)C)C(C)C)cc3c2CCC3)cc1C. The van der Waals surface area contributed by atoms with E-state index in [0.29, 0.717) is 11.8 Å². The molecule has 2 atom stereocenters. The van der Waals surface area contributed by atoms with Gasteiger partial charge in [-0.2, -0.15) is 0 Å². The molecular formula is C27H38O2. The fraction of sp³-hybridized carbons (Fsp3) is 0.556. The second-order valence-corrected chi connectivity index (χ2v) is 9.53. The molecule has 0 bridgehead atoms. The van der Waals surface area contributed by atoms with Crippen molar-refractivity contribution in [1.29, 1.82) is 0 Å². The molecule has 158 valence electrons. The van der Waals surface area contributed by atoms with Gasteiger partial charge < -0.3 is 9.84 Å². The molecular weight excluding hydrogens is 356 g/mol. The number of ether oxygens (including phenoxy) is 1. The van der Waals surface area contributed by atoms with Gasteiger partial charge in [-0.25, -0.2) is 0 Å². The Labute approximate surface area is 177 Å². The summed E-state index contributed by atoms with van der Waals surface area (Å²) in [7, 11) is 0. The third-order valence-electron chi connectivity index (χ3n) is 6.47. The van der Waals surface area contributed by atoms with Crippen LogP contribution in [0.4, 0.5) is 0 Å². The predicted molar refractivity (Wildman–Crippen MR) is 122 cm³/mol. The molecule has 0 saturated carbocycles. The maximum Gasteiger partial charge on any atom is 0.0853 e. The Morgan fingerprint density at radius 3 is 2.31 bits per heavy atom. The Morgan fingerprint density at radius 1 is 0.931 bits per heavy atom. The molecule has 0 heterocycles. The van der Waals surface area contributed by atoms with Gasteiger partial charge in [0.25, 0.3) is 0 Å². The van der Waals surface area contributed by atoms with Crippen LogP contribution in [0.5, 0.6) is 0 Å². The molecule has 2 nitrogen and oxygen atoms in total. The van der Waals surface area contributed by atoms with Crippen molar-refractivity contribution in [2.45, 2.75) is 79.4 Å². The van der Waals surface area contributed by atoms with Gasteiger partial charge in [0, 0.05) is 0 Å². The van der Waals surface area contributed by atoms with E-state index in [0.717, 1.165) is 6.42 Å². The summed E-state index contributed by atoms with van der Waals surface area (Å²) in [6.07, 6.45) is 4.47. The van der Waals surface area contributed by atoms with Gasteiger partial charge in [-0.1, -0.05) is 58.0 Å². The van der Waals surface area contributed by atoms with Crippen LogP contribution in [0.2, 0.25) is 0 Å². The highest BCUT2D eigenvalue weighted by molar-refractivity contribution is 5.45. The normalized spacial score (nSPS) is 15.8. The Hall–Kier alpha value is -1.64. The molecule has 2 aromatic carbocycles. The zero-order chi connectivity index (χ0) is 21.1. The summed E-state index contributed by atoms with van der Waals surface area (Å²) in [5.74, 6) is 0.655. The number of hydrogen-bond donors (Lipinski definition) is 1. The lowest BCUT2D eigenvalue weighted by atomic mass is 9.89. The first-order valence-corrected chi connectivity index (χ1v) is 11.3. The van der Waals surface area contributed by atoms with Gasteiger partial charge in [-0.05, 0) is 90.3 Å². The van der Waals surface area contributed by atoms with Gasteiger partial charge in [0.2, 0.25) is 0 Å². The Bertz CT molecular complexity index is 835. The molecule has 0 spiro atoms. The molecule has 0 saturated heterocycles. The van der Waals surface area contributed by atoms with Gasteiger partial charge in [0.1, 0.15) is 0 Å². The Balaban J connectivity index is 1.96. The van der Waals surface area contributed by atoms with E-state index in [1.807, 2.05) is 0 Å². The van der Waals surface area contributed by atoms with Crippen LogP contribution < -0.4 is 0 Å². The lowest BCUT2D eigenvalue weighted by molar-refractivity contribution is -0.0804. The van der Waals surface area contributed by atoms with E-state index in [1.54, 1.807) is 5.56 Å². The second kappa shape index (κ2) is 9.45. The van der Waals surface area contributed by atoms with Crippen molar-refractivity contribution >= 4 is 0 Å². The van der Waals surface area contributed by atoms with Crippen molar-refractivity contribution < 1.29 is 9.84 Å². The molecule has 2 heteroatoms. The van der Waals surface area contributed by atoms with Crippen molar-refractivity contribution in [3.8, 4) is 0 Å². The molecule has 1 aliphatic rings. The van der Waals surface area contributed by atoms with Crippen molar-refractivity contribution in [2.75, 3.05) is 6.61 Å². The minimum atomic E-state index is -0.126. The predicted octanol–water partition coefficient (Wildman–Crippen LogP) is 6.11. The van der Waals surface area contributed by atoms with E-state index < -0.39 is 0 Å². The average molecular weight is 395 g/mol. The van der Waals surface area contributed by atoms with Crippen molar-refractivity contribution in [2.24, 2.45) is 11.8 Å². The molecule has 2 aromatic rings. The first kappa shape index (κ1) is 22.1. The average Bonchev–Trinajstić information content (AvgIpc) is 3.14. The Morgan fingerprint density at radius 2 is 1.69 bits per heavy atom. The highest BCUT2D eigenvalue weighted by atomic mass is 16.5. The summed E-state index contributed by atoms with van der Waals surface area (Å²) in [6, 6.07) is 11.6. The van der Waals surface area contributed by atoms with E-state index in [4.69, 9.17) is 4.74 Å². The van der Waals surface area contributed by atoms with Crippen LogP contribution in [0.1, 0.15) is 79.2 Å². The van der Waals surface area contributed by atoms with E-state index in [2.05, 4.69) is 71.9 Å². The number of aliphatic hydroxyl groups excluding tert-OH is 1. The smallest absolute Gasteiger partial charge is 0.0853 e. The summed E-state index contributed by atoms with van der Waals surface area (Å²) < 4.78 is 6.46. The van der Waals surface area contributed by atoms with Crippen LogP contribution in [-0.4, -0.2) is 17.8 Å². The molecule has 3 rings (SSSR count). The molecule has 0 amide bonds. The lowest BCUT2D eigenvalue weighted by Gasteiger charge is -2.30. The van der Waals surface area contributed by atoms with Gasteiger partial charge in [0.05, 0.1) is 18.8 Å². The zero-order valence-electron chi connectivity index (χ0n) is 19.1. The van der Waals surface area contributed by atoms with Crippen molar-refractivity contribution in [3.63, 3.8) is 0 Å². The first-order valence-electron chi connectivity index (χ1n) is 11.3. The topological polar surface area (TPSA) is 29.5 Å². The number of rotatable bonds is 8. The minimum Gasteiger partial charge on any atom is -0.394 e. The molecule has 1 N–H and O–H groups in total. The van der Waals surface area contributed by atoms with E-state index in [-0.39, 0.29) is 18.8 Å². The molecule has 0 aliphatic heterocycles. The molecule has 0 radical (unpaired) electrons. The standard InChI is InChI=1S/C27H38O2/c1-17(2)26(16-28)29-27(18(3)4)24-14-22-8-7-9-25(22)23(15-24)13-21-11-10-19(5)20(6)12-21/h10-12,14-15,17-18,26-28H,7-9,13,16H2,1-6H3. The number of benzene rings is 2. The van der Waals surface area contributed by atoms with E-state index in [9.17, 15) is 5.11 Å². The maximum absolute atomic E-state index is 9.80. The highest BCUT2D eigenvalue weighted by Crippen LogP contribution is 2.35. The second-order valence-electron chi connectivity index (χ2n) is 9.53. The molecule has 0 aromatic heterocycles. The number of aliphatic hydroxyl groups is 1. The lowest BCUT2D eigenvalue weighted by Crippen LogP contribution is -2.28. The number of fused-ring (bicyclic) bond motifs is 1. The van der Waals surface area contributed by atoms with E-state index >= 15 is 0 Å². The minimum absolute atomic E-state index is 0.0129. The summed E-state index contributed by atoms with van der Waals surface area (Å²) in [4.78, 5) is 0. The third kappa shape index (κ3) is 5.10. The molecule has 1 aliphatic carbocycles. The van der Waals surface area contributed by atoms with Crippen LogP contribution in [0.15, 0.2) is 30.3 Å². The van der Waals surface area contributed by atoms with Gasteiger partial charge in [-0.15, -0.1) is 0 Å². The van der Waals surface area contributed by atoms with Gasteiger partial charge >= 0.3 is 0 Å². The van der Waals surface area contributed by atoms with Crippen LogP contribution in [-0.2, 0) is 24.0 Å². The van der Waals surface area contributed by atoms with Crippen molar-refractivity contribution in [3.05, 3.63) is 69.3 Å². The molecule has 29 heavy (non-hydrogen) atoms. The maximum atomic E-state index is 9.80. The number of aryl methyl sites for hydroxylation is 3. The summed E-state index contributed by atoms with van der Waals surface area (Å²) in [5.41, 5.74) is 9.89. The van der Waals surface area contributed by atoms with Gasteiger partial charge in [0.15, 0.2) is 0 Å². The van der Waals surface area contributed by atoms with Crippen LogP contribution >= 0.6 is 0 Å². The van der Waals surface area contributed by atoms with Crippen LogP contribution in [0.3, 0.4) is 0 Å². The summed E-state index contributed by atoms with van der Waals surface area (Å²) in [5, 5.41) is 9.80. The summed E-state index contributed by atoms with van der Waals surface area (Å²) in [6.45, 7) is 13.1.